The molecule has 0 aliphatic carbocycles. The van der Waals surface area contributed by atoms with E-state index in [9.17, 15) is 61.0 Å². The molecule has 0 aromatic heterocycles. The Balaban J connectivity index is 1.30. The molecular formula is C71H119NO18. The van der Waals surface area contributed by atoms with E-state index in [1.807, 2.05) is 6.08 Å². The van der Waals surface area contributed by atoms with E-state index in [1.165, 1.54) is 70.6 Å². The van der Waals surface area contributed by atoms with E-state index in [4.69, 9.17) is 28.4 Å². The zero-order chi connectivity index (χ0) is 65.4. The molecular weight excluding hydrogens is 1150 g/mol. The van der Waals surface area contributed by atoms with E-state index in [-0.39, 0.29) is 18.9 Å². The van der Waals surface area contributed by atoms with Crippen LogP contribution in [0.15, 0.2) is 109 Å². The van der Waals surface area contributed by atoms with Crippen LogP contribution in [-0.4, -0.2) is 193 Å². The van der Waals surface area contributed by atoms with Gasteiger partial charge >= 0.3 is 0 Å². The molecule has 0 aromatic carbocycles. The Hall–Kier alpha value is -3.55. The smallest absolute Gasteiger partial charge is 0.220 e. The van der Waals surface area contributed by atoms with E-state index in [0.29, 0.717) is 12.8 Å². The first kappa shape index (κ1) is 80.7. The number of carbonyl (C=O) groups is 1. The van der Waals surface area contributed by atoms with Crippen molar-refractivity contribution in [1.29, 1.82) is 0 Å². The van der Waals surface area contributed by atoms with Crippen molar-refractivity contribution in [3.8, 4) is 0 Å². The summed E-state index contributed by atoms with van der Waals surface area (Å²) in [6.45, 7) is 1.48. The van der Waals surface area contributed by atoms with Crippen LogP contribution >= 0.6 is 0 Å². The van der Waals surface area contributed by atoms with Crippen molar-refractivity contribution >= 4 is 5.91 Å². The van der Waals surface area contributed by atoms with E-state index >= 15 is 0 Å². The molecule has 17 unspecified atom stereocenters. The third kappa shape index (κ3) is 33.5. The van der Waals surface area contributed by atoms with Gasteiger partial charge in [0.15, 0.2) is 18.9 Å². The first-order chi connectivity index (χ1) is 43.8. The second-order valence-corrected chi connectivity index (χ2v) is 23.9. The van der Waals surface area contributed by atoms with Crippen LogP contribution in [0, 0.1) is 0 Å². The minimum absolute atomic E-state index is 0.229. The monoisotopic (exact) mass is 1270 g/mol. The molecule has 19 heteroatoms. The Morgan fingerprint density at radius 1 is 0.411 bits per heavy atom. The molecule has 0 bridgehead atoms. The molecule has 3 aliphatic rings. The zero-order valence-corrected chi connectivity index (χ0v) is 54.3. The van der Waals surface area contributed by atoms with Crippen LogP contribution in [0.1, 0.15) is 200 Å². The van der Waals surface area contributed by atoms with Gasteiger partial charge in [-0.3, -0.25) is 4.79 Å². The molecule has 12 N–H and O–H groups in total. The molecule has 0 radical (unpaired) electrons. The Morgan fingerprint density at radius 2 is 0.778 bits per heavy atom. The topological polar surface area (TPSA) is 307 Å². The summed E-state index contributed by atoms with van der Waals surface area (Å²) >= 11 is 0. The van der Waals surface area contributed by atoms with Crippen LogP contribution in [0.4, 0.5) is 0 Å². The summed E-state index contributed by atoms with van der Waals surface area (Å²) in [7, 11) is 0. The van der Waals surface area contributed by atoms with Gasteiger partial charge in [-0.1, -0.05) is 220 Å². The fourth-order valence-corrected chi connectivity index (χ4v) is 10.8. The SMILES string of the molecule is CC/C=C\C/C=C\C/C=C\C/C=C\C/C=C\C/C=C\C/C=C\CCCCCCCCCCCCCCCCCC(=O)NC(COC1OC(CO)C(OC2OC(CO)C(OC3OC(CO)C(O)C(O)C3O)C(O)C2O)C(O)C1O)C(O)/C=C/CC/C=C/CCCC. The minimum atomic E-state index is -1.98. The number of unbranched alkanes of at least 4 members (excludes halogenated alkanes) is 18. The first-order valence-corrected chi connectivity index (χ1v) is 34.1. The fraction of sp³-hybridized carbons (Fsp3) is 0.732. The number of carbonyl (C=O) groups excluding carboxylic acids is 1. The summed E-state index contributed by atoms with van der Waals surface area (Å²) in [5, 5.41) is 120. The number of allylic oxidation sites excluding steroid dienone is 17. The van der Waals surface area contributed by atoms with Crippen molar-refractivity contribution in [2.45, 2.75) is 304 Å². The quantitative estimate of drug-likeness (QED) is 0.0200. The second-order valence-electron chi connectivity index (χ2n) is 23.9. The largest absolute Gasteiger partial charge is 0.394 e. The van der Waals surface area contributed by atoms with Crippen molar-refractivity contribution in [3.63, 3.8) is 0 Å². The van der Waals surface area contributed by atoms with E-state index in [0.717, 1.165) is 96.3 Å². The lowest BCUT2D eigenvalue weighted by Gasteiger charge is -2.48. The molecule has 90 heavy (non-hydrogen) atoms. The number of aliphatic hydroxyl groups excluding tert-OH is 11. The highest BCUT2D eigenvalue weighted by molar-refractivity contribution is 5.76. The predicted molar refractivity (Wildman–Crippen MR) is 350 cm³/mol. The lowest BCUT2D eigenvalue weighted by molar-refractivity contribution is -0.379. The standard InChI is InChI=1S/C71H119NO18/c1-3-5-7-9-11-13-14-15-16-17-18-19-20-21-22-23-24-25-26-27-28-29-30-31-32-33-34-35-36-37-38-39-40-41-43-45-47-49-59(77)72-54(55(76)48-46-44-42-12-10-8-6-4-2)53-85-69-65(83)62(80)67(57(51-74)87-69)90-71-66(84)63(81)68(58(52-75)88-71)89-70-64(82)61(79)60(78)56(50-73)86-70/h5,7,10-13,15-16,18-19,21-22,24-25,27-28,46,48,54-58,60-71,73-76,78-84H,3-4,6,8-9,14,17,20,23,26,29-45,47,49-53H2,1-2H3,(H,72,77)/b7-5-,12-10+,13-11-,16-15-,19-18-,22-21-,25-24-,28-27-,48-46+. The Bertz CT molecular complexity index is 2060. The fourth-order valence-electron chi connectivity index (χ4n) is 10.8. The zero-order valence-electron chi connectivity index (χ0n) is 54.3. The first-order valence-electron chi connectivity index (χ1n) is 34.1. The lowest BCUT2D eigenvalue weighted by Crippen LogP contribution is -2.66. The van der Waals surface area contributed by atoms with Crippen molar-refractivity contribution in [1.82, 2.24) is 5.32 Å². The third-order valence-electron chi connectivity index (χ3n) is 16.3. The normalized spacial score (nSPS) is 28.7. The summed E-state index contributed by atoms with van der Waals surface area (Å²) in [6, 6.07) is -0.993. The van der Waals surface area contributed by atoms with Crippen LogP contribution in [-0.2, 0) is 33.2 Å². The van der Waals surface area contributed by atoms with Crippen LogP contribution in [0.5, 0.6) is 0 Å². The lowest BCUT2D eigenvalue weighted by atomic mass is 9.96. The summed E-state index contributed by atoms with van der Waals surface area (Å²) in [4.78, 5) is 13.3. The Labute approximate surface area is 538 Å². The van der Waals surface area contributed by atoms with E-state index in [2.05, 4.69) is 116 Å². The summed E-state index contributed by atoms with van der Waals surface area (Å²) in [6.07, 6.45) is 42.7. The molecule has 0 aromatic rings. The highest BCUT2D eigenvalue weighted by Crippen LogP contribution is 2.33. The van der Waals surface area contributed by atoms with E-state index in [1.54, 1.807) is 6.08 Å². The van der Waals surface area contributed by atoms with Gasteiger partial charge in [0.05, 0.1) is 38.6 Å². The second kappa shape index (κ2) is 51.8. The minimum Gasteiger partial charge on any atom is -0.394 e. The molecule has 3 rings (SSSR count). The van der Waals surface area contributed by atoms with Gasteiger partial charge in [-0.15, -0.1) is 0 Å². The number of aliphatic hydroxyl groups is 11. The predicted octanol–water partition coefficient (Wildman–Crippen LogP) is 8.66. The molecule has 516 valence electrons. The van der Waals surface area contributed by atoms with Crippen LogP contribution in [0.2, 0.25) is 0 Å². The van der Waals surface area contributed by atoms with Crippen molar-refractivity contribution < 1.29 is 89.4 Å². The van der Waals surface area contributed by atoms with Crippen LogP contribution in [0.25, 0.3) is 0 Å². The van der Waals surface area contributed by atoms with Gasteiger partial charge in [-0.25, -0.2) is 0 Å². The van der Waals surface area contributed by atoms with Gasteiger partial charge in [-0.2, -0.15) is 0 Å². The van der Waals surface area contributed by atoms with Gasteiger partial charge in [0.25, 0.3) is 0 Å². The number of ether oxygens (including phenoxy) is 6. The highest BCUT2D eigenvalue weighted by atomic mass is 16.8. The molecule has 17 atom stereocenters. The molecule has 19 nitrogen and oxygen atoms in total. The highest BCUT2D eigenvalue weighted by Gasteiger charge is 2.53. The van der Waals surface area contributed by atoms with Crippen LogP contribution in [0.3, 0.4) is 0 Å². The number of rotatable bonds is 50. The van der Waals surface area contributed by atoms with Crippen molar-refractivity contribution in [2.24, 2.45) is 0 Å². The molecule has 3 aliphatic heterocycles. The van der Waals surface area contributed by atoms with E-state index < -0.39 is 124 Å². The molecule has 0 spiro atoms. The maximum Gasteiger partial charge on any atom is 0.220 e. The molecule has 3 fully saturated rings. The summed E-state index contributed by atoms with van der Waals surface area (Å²) in [5.74, 6) is -0.294. The van der Waals surface area contributed by atoms with Crippen LogP contribution < -0.4 is 5.32 Å². The Kier molecular flexibility index (Phi) is 46.5. The van der Waals surface area contributed by atoms with Gasteiger partial charge in [0, 0.05) is 6.42 Å². The van der Waals surface area contributed by atoms with Gasteiger partial charge in [-0.05, 0) is 83.5 Å². The number of hydrogen-bond donors (Lipinski definition) is 12. The van der Waals surface area contributed by atoms with Gasteiger partial charge < -0.3 is 89.9 Å². The molecule has 3 heterocycles. The maximum absolute atomic E-state index is 13.3. The molecule has 1 amide bonds. The average molecular weight is 1270 g/mol. The number of amides is 1. The molecule has 0 saturated carbocycles. The van der Waals surface area contributed by atoms with Gasteiger partial charge in [0.1, 0.15) is 73.2 Å². The van der Waals surface area contributed by atoms with Gasteiger partial charge in [0.2, 0.25) is 5.91 Å². The maximum atomic E-state index is 13.3. The van der Waals surface area contributed by atoms with Crippen molar-refractivity contribution in [2.75, 3.05) is 26.4 Å². The number of nitrogens with one attached hydrogen (secondary N) is 1. The van der Waals surface area contributed by atoms with Crippen molar-refractivity contribution in [3.05, 3.63) is 109 Å². The Morgan fingerprint density at radius 3 is 1.24 bits per heavy atom. The average Bonchev–Trinajstić information content (AvgIpc) is 0.847. The summed E-state index contributed by atoms with van der Waals surface area (Å²) < 4.78 is 34.2. The molecule has 3 saturated heterocycles. The number of hydrogen-bond acceptors (Lipinski definition) is 18. The summed E-state index contributed by atoms with van der Waals surface area (Å²) in [5.41, 5.74) is 0. The third-order valence-corrected chi connectivity index (χ3v) is 16.3.